The number of piperazine rings is 1. The molecular formula is C18H31Cl2N5O2S. The molecule has 10 heteroatoms. The molecule has 1 atom stereocenters. The smallest absolute Gasteiger partial charge is 0.242 e. The molecule has 160 valence electrons. The van der Waals surface area contributed by atoms with Gasteiger partial charge in [-0.3, -0.25) is 4.90 Å². The summed E-state index contributed by atoms with van der Waals surface area (Å²) in [7, 11) is -0.359. The van der Waals surface area contributed by atoms with E-state index in [-0.39, 0.29) is 24.8 Å². The van der Waals surface area contributed by atoms with Crippen LogP contribution in [-0.2, 0) is 23.1 Å². The lowest BCUT2D eigenvalue weighted by Gasteiger charge is -2.33. The van der Waals surface area contributed by atoms with E-state index in [1.54, 1.807) is 26.2 Å². The Morgan fingerprint density at radius 3 is 2.61 bits per heavy atom. The van der Waals surface area contributed by atoms with Crippen LogP contribution < -0.4 is 5.32 Å². The van der Waals surface area contributed by atoms with Crippen molar-refractivity contribution in [3.8, 4) is 0 Å². The Labute approximate surface area is 180 Å². The molecule has 0 aliphatic carbocycles. The number of nitrogens with zero attached hydrogens (tertiary/aromatic N) is 4. The molecule has 3 rings (SSSR count). The Kier molecular flexibility index (Phi) is 9.18. The second kappa shape index (κ2) is 10.2. The first-order valence-electron chi connectivity index (χ1n) is 9.21. The number of imidazole rings is 1. The third kappa shape index (κ3) is 4.98. The molecule has 0 amide bonds. The maximum atomic E-state index is 12.4. The fraction of sp³-hybridized carbons (Fsp3) is 0.611. The molecule has 1 saturated heterocycles. The second-order valence-electron chi connectivity index (χ2n) is 7.14. The zero-order valence-electron chi connectivity index (χ0n) is 16.9. The van der Waals surface area contributed by atoms with Gasteiger partial charge in [0.15, 0.2) is 0 Å². The van der Waals surface area contributed by atoms with Crippen molar-refractivity contribution < 1.29 is 8.42 Å². The molecule has 0 saturated carbocycles. The SMILES string of the molecule is CCCn1c(CN2CCNC[C@H]2C)nc2cc(S(=O)(=O)N(C)C)ccc21.Cl.Cl. The molecule has 0 bridgehead atoms. The molecule has 1 aromatic carbocycles. The van der Waals surface area contributed by atoms with Gasteiger partial charge in [-0.2, -0.15) is 0 Å². The minimum atomic E-state index is -3.45. The summed E-state index contributed by atoms with van der Waals surface area (Å²) in [5.41, 5.74) is 1.75. The standard InChI is InChI=1S/C18H29N5O2S.2ClH/c1-5-9-23-17-7-6-15(26(24,25)21(3)4)11-16(17)20-18(23)13-22-10-8-19-12-14(22)2;;/h6-7,11,14,19H,5,8-10,12-13H2,1-4H3;2*1H/t14-;;/m1../s1. The van der Waals surface area contributed by atoms with Crippen LogP contribution in [0.3, 0.4) is 0 Å². The van der Waals surface area contributed by atoms with Crippen molar-refractivity contribution >= 4 is 45.9 Å². The van der Waals surface area contributed by atoms with Gasteiger partial charge >= 0.3 is 0 Å². The molecule has 1 aliphatic rings. The van der Waals surface area contributed by atoms with Gasteiger partial charge in [0.2, 0.25) is 10.0 Å². The van der Waals surface area contributed by atoms with Gasteiger partial charge in [0.05, 0.1) is 22.5 Å². The van der Waals surface area contributed by atoms with Crippen molar-refractivity contribution in [2.24, 2.45) is 0 Å². The molecule has 2 aromatic rings. The van der Waals surface area contributed by atoms with Crippen LogP contribution >= 0.6 is 24.8 Å². The van der Waals surface area contributed by atoms with Crippen LogP contribution in [0.4, 0.5) is 0 Å². The number of hydrogen-bond donors (Lipinski definition) is 1. The van der Waals surface area contributed by atoms with E-state index in [0.29, 0.717) is 10.9 Å². The number of nitrogens with one attached hydrogen (secondary N) is 1. The Morgan fingerprint density at radius 1 is 1.29 bits per heavy atom. The van der Waals surface area contributed by atoms with Crippen molar-refractivity contribution in [1.82, 2.24) is 24.1 Å². The number of aryl methyl sites for hydroxylation is 1. The largest absolute Gasteiger partial charge is 0.327 e. The van der Waals surface area contributed by atoms with E-state index in [9.17, 15) is 8.42 Å². The lowest BCUT2D eigenvalue weighted by molar-refractivity contribution is 0.160. The quantitative estimate of drug-likeness (QED) is 0.729. The monoisotopic (exact) mass is 451 g/mol. The van der Waals surface area contributed by atoms with Crippen LogP contribution in [0.5, 0.6) is 0 Å². The summed E-state index contributed by atoms with van der Waals surface area (Å²) in [5.74, 6) is 1.01. The molecule has 1 fully saturated rings. The first-order chi connectivity index (χ1) is 12.3. The maximum absolute atomic E-state index is 12.4. The van der Waals surface area contributed by atoms with Gasteiger partial charge < -0.3 is 9.88 Å². The van der Waals surface area contributed by atoms with Crippen LogP contribution in [0.1, 0.15) is 26.1 Å². The summed E-state index contributed by atoms with van der Waals surface area (Å²) in [6.07, 6.45) is 1.01. The third-order valence-electron chi connectivity index (χ3n) is 5.01. The van der Waals surface area contributed by atoms with Crippen LogP contribution in [0, 0.1) is 0 Å². The number of halogens is 2. The molecule has 0 unspecified atom stereocenters. The normalized spacial score (nSPS) is 18.1. The summed E-state index contributed by atoms with van der Waals surface area (Å²) < 4.78 is 28.3. The number of sulfonamides is 1. The lowest BCUT2D eigenvalue weighted by Crippen LogP contribution is -2.49. The van der Waals surface area contributed by atoms with E-state index >= 15 is 0 Å². The maximum Gasteiger partial charge on any atom is 0.242 e. The highest BCUT2D eigenvalue weighted by molar-refractivity contribution is 7.89. The molecular weight excluding hydrogens is 421 g/mol. The van der Waals surface area contributed by atoms with Gasteiger partial charge in [-0.25, -0.2) is 17.7 Å². The Morgan fingerprint density at radius 2 is 2.00 bits per heavy atom. The summed E-state index contributed by atoms with van der Waals surface area (Å²) >= 11 is 0. The predicted molar refractivity (Wildman–Crippen MR) is 118 cm³/mol. The van der Waals surface area contributed by atoms with Gasteiger partial charge in [-0.1, -0.05) is 6.92 Å². The topological polar surface area (TPSA) is 70.5 Å². The van der Waals surface area contributed by atoms with Gasteiger partial charge in [0, 0.05) is 46.3 Å². The van der Waals surface area contributed by atoms with Crippen LogP contribution in [0.25, 0.3) is 11.0 Å². The fourth-order valence-corrected chi connectivity index (χ4v) is 4.35. The molecule has 1 aromatic heterocycles. The average Bonchev–Trinajstić information content (AvgIpc) is 2.94. The first kappa shape index (κ1) is 25.1. The van der Waals surface area contributed by atoms with Crippen LogP contribution in [0.15, 0.2) is 23.1 Å². The molecule has 0 spiro atoms. The van der Waals surface area contributed by atoms with Crippen LogP contribution in [0.2, 0.25) is 0 Å². The predicted octanol–water partition coefficient (Wildman–Crippen LogP) is 2.33. The molecule has 0 radical (unpaired) electrons. The van der Waals surface area contributed by atoms with Crippen molar-refractivity contribution in [2.75, 3.05) is 33.7 Å². The molecule has 28 heavy (non-hydrogen) atoms. The fourth-order valence-electron chi connectivity index (χ4n) is 3.42. The van der Waals surface area contributed by atoms with Gasteiger partial charge in [-0.15, -0.1) is 24.8 Å². The second-order valence-corrected chi connectivity index (χ2v) is 9.29. The molecule has 2 heterocycles. The van der Waals surface area contributed by atoms with Crippen LogP contribution in [-0.4, -0.2) is 66.9 Å². The Balaban J connectivity index is 0.00000196. The van der Waals surface area contributed by atoms with E-state index in [4.69, 9.17) is 4.98 Å². The number of fused-ring (bicyclic) bond motifs is 1. The van der Waals surface area contributed by atoms with Gasteiger partial charge in [0.1, 0.15) is 5.82 Å². The highest BCUT2D eigenvalue weighted by atomic mass is 35.5. The Bertz CT molecular complexity index is 885. The zero-order valence-corrected chi connectivity index (χ0v) is 19.3. The lowest BCUT2D eigenvalue weighted by atomic mass is 10.2. The molecule has 1 aliphatic heterocycles. The summed E-state index contributed by atoms with van der Waals surface area (Å²) in [6.45, 7) is 9.01. The van der Waals surface area contributed by atoms with E-state index in [2.05, 4.69) is 28.6 Å². The minimum absolute atomic E-state index is 0. The highest BCUT2D eigenvalue weighted by Crippen LogP contribution is 2.23. The summed E-state index contributed by atoms with van der Waals surface area (Å²) in [6, 6.07) is 5.73. The molecule has 1 N–H and O–H groups in total. The minimum Gasteiger partial charge on any atom is -0.327 e. The van der Waals surface area contributed by atoms with Crippen molar-refractivity contribution in [3.63, 3.8) is 0 Å². The van der Waals surface area contributed by atoms with E-state index < -0.39 is 10.0 Å². The first-order valence-corrected chi connectivity index (χ1v) is 10.6. The van der Waals surface area contributed by atoms with E-state index in [0.717, 1.165) is 56.0 Å². The Hall–Kier alpha value is -0.900. The van der Waals surface area contributed by atoms with Crippen molar-refractivity contribution in [1.29, 1.82) is 0 Å². The van der Waals surface area contributed by atoms with E-state index in [1.165, 1.54) is 4.31 Å². The van der Waals surface area contributed by atoms with Crippen molar-refractivity contribution in [2.45, 2.75) is 44.3 Å². The van der Waals surface area contributed by atoms with Crippen molar-refractivity contribution in [3.05, 3.63) is 24.0 Å². The summed E-state index contributed by atoms with van der Waals surface area (Å²) in [5, 5.41) is 3.41. The average molecular weight is 452 g/mol. The zero-order chi connectivity index (χ0) is 18.9. The van der Waals surface area contributed by atoms with E-state index in [1.807, 2.05) is 6.07 Å². The third-order valence-corrected chi connectivity index (χ3v) is 6.82. The van der Waals surface area contributed by atoms with Gasteiger partial charge in [-0.05, 0) is 31.5 Å². The number of aromatic nitrogens is 2. The van der Waals surface area contributed by atoms with Gasteiger partial charge in [0.25, 0.3) is 0 Å². The number of rotatable bonds is 6. The molecule has 7 nitrogen and oxygen atoms in total. The highest BCUT2D eigenvalue weighted by Gasteiger charge is 2.23. The number of hydrogen-bond acceptors (Lipinski definition) is 5. The summed E-state index contributed by atoms with van der Waals surface area (Å²) in [4.78, 5) is 7.53. The number of benzene rings is 1.